The summed E-state index contributed by atoms with van der Waals surface area (Å²) < 4.78 is 4.87. The lowest BCUT2D eigenvalue weighted by molar-refractivity contribution is -0.118. The summed E-state index contributed by atoms with van der Waals surface area (Å²) in [5, 5.41) is 3.72. The van der Waals surface area contributed by atoms with Crippen LogP contribution in [0.15, 0.2) is 47.6 Å². The number of carbonyl (C=O) groups is 2. The van der Waals surface area contributed by atoms with E-state index in [0.717, 1.165) is 17.0 Å². The molecule has 0 saturated carbocycles. The van der Waals surface area contributed by atoms with E-state index >= 15 is 0 Å². The summed E-state index contributed by atoms with van der Waals surface area (Å²) >= 11 is 0. The Kier molecular flexibility index (Phi) is 8.57. The van der Waals surface area contributed by atoms with Crippen molar-refractivity contribution in [2.24, 2.45) is 5.10 Å². The first-order valence-electron chi connectivity index (χ1n) is 7.90. The highest BCUT2D eigenvalue weighted by molar-refractivity contribution is 5.90. The van der Waals surface area contributed by atoms with Crippen molar-refractivity contribution in [1.82, 2.24) is 10.4 Å². The van der Waals surface area contributed by atoms with E-state index in [4.69, 9.17) is 4.74 Å². The fourth-order valence-electron chi connectivity index (χ4n) is 1.85. The molecule has 0 fully saturated rings. The molecule has 1 amide bonds. The molecule has 6 nitrogen and oxygen atoms in total. The molecule has 0 spiro atoms. The Morgan fingerprint density at radius 3 is 2.40 bits per heavy atom. The molecule has 0 atom stereocenters. The van der Waals surface area contributed by atoms with Gasteiger partial charge in [-0.1, -0.05) is 30.3 Å². The van der Waals surface area contributed by atoms with E-state index in [1.807, 2.05) is 37.3 Å². The second kappa shape index (κ2) is 10.7. The minimum atomic E-state index is -0.299. The fraction of sp³-hybridized carbons (Fsp3) is 0.263. The maximum atomic E-state index is 11.3. The van der Waals surface area contributed by atoms with Gasteiger partial charge in [0.2, 0.25) is 5.91 Å². The highest BCUT2D eigenvalue weighted by Crippen LogP contribution is 2.07. The molecule has 0 radical (unpaired) electrons. The SMILES string of the molecule is CC(=O)N/N=C/c1ccccc1.CCOC(=O)c1ccc(C)nc1C. The van der Waals surface area contributed by atoms with Crippen molar-refractivity contribution in [3.8, 4) is 0 Å². The van der Waals surface area contributed by atoms with Gasteiger partial charge in [0.05, 0.1) is 24.1 Å². The third-order valence-electron chi connectivity index (χ3n) is 2.96. The highest BCUT2D eigenvalue weighted by Gasteiger charge is 2.09. The molecule has 25 heavy (non-hydrogen) atoms. The fourth-order valence-corrected chi connectivity index (χ4v) is 1.85. The monoisotopic (exact) mass is 341 g/mol. The molecule has 2 aromatic rings. The molecule has 0 aliphatic rings. The molecule has 1 heterocycles. The molecule has 1 aromatic heterocycles. The Morgan fingerprint density at radius 2 is 1.84 bits per heavy atom. The van der Waals surface area contributed by atoms with Crippen LogP contribution in [-0.4, -0.2) is 29.7 Å². The van der Waals surface area contributed by atoms with Crippen LogP contribution in [0.1, 0.15) is 41.2 Å². The number of carbonyl (C=O) groups excluding carboxylic acids is 2. The summed E-state index contributed by atoms with van der Waals surface area (Å²) in [7, 11) is 0. The molecule has 2 rings (SSSR count). The Labute approximate surface area is 147 Å². The van der Waals surface area contributed by atoms with Crippen LogP contribution in [0.4, 0.5) is 0 Å². The van der Waals surface area contributed by atoms with Crippen LogP contribution < -0.4 is 5.43 Å². The number of hydrazone groups is 1. The summed E-state index contributed by atoms with van der Waals surface area (Å²) in [6.45, 7) is 7.30. The van der Waals surface area contributed by atoms with E-state index < -0.39 is 0 Å². The Morgan fingerprint density at radius 1 is 1.16 bits per heavy atom. The maximum Gasteiger partial charge on any atom is 0.339 e. The van der Waals surface area contributed by atoms with Crippen LogP contribution >= 0.6 is 0 Å². The van der Waals surface area contributed by atoms with Gasteiger partial charge >= 0.3 is 5.97 Å². The largest absolute Gasteiger partial charge is 0.462 e. The predicted octanol–water partition coefficient (Wildman–Crippen LogP) is 3.03. The number of esters is 1. The Balaban J connectivity index is 0.000000251. The van der Waals surface area contributed by atoms with Gasteiger partial charge in [-0.3, -0.25) is 9.78 Å². The quantitative estimate of drug-likeness (QED) is 0.526. The lowest BCUT2D eigenvalue weighted by atomic mass is 10.2. The number of aromatic nitrogens is 1. The number of hydrogen-bond donors (Lipinski definition) is 1. The number of amides is 1. The average Bonchev–Trinajstić information content (AvgIpc) is 2.56. The molecule has 0 aliphatic carbocycles. The van der Waals surface area contributed by atoms with Gasteiger partial charge < -0.3 is 4.74 Å². The van der Waals surface area contributed by atoms with Gasteiger partial charge in [0.1, 0.15) is 0 Å². The third kappa shape index (κ3) is 7.87. The first kappa shape index (κ1) is 20.0. The van der Waals surface area contributed by atoms with Gasteiger partial charge in [-0.25, -0.2) is 10.2 Å². The summed E-state index contributed by atoms with van der Waals surface area (Å²) in [5.41, 5.74) is 5.47. The van der Waals surface area contributed by atoms with E-state index in [0.29, 0.717) is 12.2 Å². The number of aryl methyl sites for hydroxylation is 2. The van der Waals surface area contributed by atoms with Gasteiger partial charge in [0, 0.05) is 12.6 Å². The van der Waals surface area contributed by atoms with E-state index in [1.165, 1.54) is 6.92 Å². The van der Waals surface area contributed by atoms with Crippen molar-refractivity contribution in [2.45, 2.75) is 27.7 Å². The lowest BCUT2D eigenvalue weighted by Gasteiger charge is -2.04. The lowest BCUT2D eigenvalue weighted by Crippen LogP contribution is -2.12. The minimum absolute atomic E-state index is 0.165. The molecule has 132 valence electrons. The number of nitrogens with one attached hydrogen (secondary N) is 1. The second-order valence-corrected chi connectivity index (χ2v) is 5.14. The maximum absolute atomic E-state index is 11.3. The number of nitrogens with zero attached hydrogens (tertiary/aromatic N) is 2. The molecular weight excluding hydrogens is 318 g/mol. The van der Waals surface area contributed by atoms with Crippen molar-refractivity contribution in [2.75, 3.05) is 6.61 Å². The minimum Gasteiger partial charge on any atom is -0.462 e. The molecule has 1 N–H and O–H groups in total. The molecule has 6 heteroatoms. The normalized spacial score (nSPS) is 9.92. The average molecular weight is 341 g/mol. The first-order valence-corrected chi connectivity index (χ1v) is 7.90. The zero-order chi connectivity index (χ0) is 18.7. The number of ether oxygens (including phenoxy) is 1. The summed E-state index contributed by atoms with van der Waals surface area (Å²) in [5.74, 6) is -0.463. The van der Waals surface area contributed by atoms with Crippen LogP contribution in [0.2, 0.25) is 0 Å². The van der Waals surface area contributed by atoms with Crippen LogP contribution in [-0.2, 0) is 9.53 Å². The standard InChI is InChI=1S/C10H13NO2.C9H10N2O/c1-4-13-10(12)9-6-5-7(2)11-8(9)3;1-8(12)11-10-7-9-5-3-2-4-6-9/h5-6H,4H2,1-3H3;2-7H,1H3,(H,11,12)/b;10-7+. The van der Waals surface area contributed by atoms with Crippen LogP contribution in [0.5, 0.6) is 0 Å². The number of pyridine rings is 1. The van der Waals surface area contributed by atoms with Gasteiger partial charge in [0.25, 0.3) is 0 Å². The van der Waals surface area contributed by atoms with Crippen LogP contribution in [0.25, 0.3) is 0 Å². The smallest absolute Gasteiger partial charge is 0.339 e. The van der Waals surface area contributed by atoms with E-state index in [2.05, 4.69) is 15.5 Å². The van der Waals surface area contributed by atoms with E-state index in [1.54, 1.807) is 32.2 Å². The highest BCUT2D eigenvalue weighted by atomic mass is 16.5. The summed E-state index contributed by atoms with van der Waals surface area (Å²) in [6, 6.07) is 13.1. The number of hydrogen-bond acceptors (Lipinski definition) is 5. The van der Waals surface area contributed by atoms with Crippen molar-refractivity contribution in [3.63, 3.8) is 0 Å². The van der Waals surface area contributed by atoms with Crippen LogP contribution in [0, 0.1) is 13.8 Å². The Bertz CT molecular complexity index is 728. The molecule has 0 bridgehead atoms. The van der Waals surface area contributed by atoms with Crippen molar-refractivity contribution in [3.05, 3.63) is 65.0 Å². The number of benzene rings is 1. The second-order valence-electron chi connectivity index (χ2n) is 5.14. The molecule has 0 saturated heterocycles. The molecule has 0 aliphatic heterocycles. The van der Waals surface area contributed by atoms with Gasteiger partial charge in [-0.2, -0.15) is 5.10 Å². The third-order valence-corrected chi connectivity index (χ3v) is 2.96. The van der Waals surface area contributed by atoms with Crippen molar-refractivity contribution in [1.29, 1.82) is 0 Å². The van der Waals surface area contributed by atoms with Crippen LogP contribution in [0.3, 0.4) is 0 Å². The van der Waals surface area contributed by atoms with Gasteiger partial charge in [-0.15, -0.1) is 0 Å². The van der Waals surface area contributed by atoms with Crippen molar-refractivity contribution < 1.29 is 14.3 Å². The topological polar surface area (TPSA) is 80.6 Å². The van der Waals surface area contributed by atoms with E-state index in [-0.39, 0.29) is 11.9 Å². The molecule has 1 aromatic carbocycles. The summed E-state index contributed by atoms with van der Waals surface area (Å²) in [4.78, 5) is 25.9. The first-order chi connectivity index (χ1) is 11.9. The van der Waals surface area contributed by atoms with Crippen molar-refractivity contribution >= 4 is 18.1 Å². The summed E-state index contributed by atoms with van der Waals surface area (Å²) in [6.07, 6.45) is 1.60. The van der Waals surface area contributed by atoms with E-state index in [9.17, 15) is 9.59 Å². The zero-order valence-electron chi connectivity index (χ0n) is 14.9. The zero-order valence-corrected chi connectivity index (χ0v) is 14.9. The Hall–Kier alpha value is -3.02. The van der Waals surface area contributed by atoms with Gasteiger partial charge in [-0.05, 0) is 38.5 Å². The molecular formula is C19H23N3O3. The number of rotatable bonds is 4. The molecule has 0 unspecified atom stereocenters. The van der Waals surface area contributed by atoms with Gasteiger partial charge in [0.15, 0.2) is 0 Å². The predicted molar refractivity (Wildman–Crippen MR) is 97.5 cm³/mol.